The summed E-state index contributed by atoms with van der Waals surface area (Å²) in [5.74, 6) is 0.526. The van der Waals surface area contributed by atoms with E-state index in [1.807, 2.05) is 54.6 Å². The highest BCUT2D eigenvalue weighted by molar-refractivity contribution is 5.67. The van der Waals surface area contributed by atoms with Crippen molar-refractivity contribution in [3.8, 4) is 0 Å². The van der Waals surface area contributed by atoms with Crippen LogP contribution in [0.15, 0.2) is 79.1 Å². The van der Waals surface area contributed by atoms with Gasteiger partial charge in [-0.1, -0.05) is 49.0 Å². The Bertz CT molecular complexity index is 817. The van der Waals surface area contributed by atoms with Gasteiger partial charge in [-0.25, -0.2) is 0 Å². The summed E-state index contributed by atoms with van der Waals surface area (Å²) in [5.41, 5.74) is 16.7. The Morgan fingerprint density at radius 2 is 1.69 bits per heavy atom. The topological polar surface area (TPSA) is 76.1 Å². The number of nitrogens with two attached hydrogens (primary N) is 2. The summed E-state index contributed by atoms with van der Waals surface area (Å²) in [6.45, 7) is 4.15. The Balaban J connectivity index is 1.64. The molecule has 2 aromatic carbocycles. The third-order valence-electron chi connectivity index (χ3n) is 4.53. The van der Waals surface area contributed by atoms with Crippen molar-refractivity contribution in [1.82, 2.24) is 5.32 Å². The number of hydrogen-bond donors (Lipinski definition) is 4. The van der Waals surface area contributed by atoms with E-state index < -0.39 is 0 Å². The highest BCUT2D eigenvalue weighted by Crippen LogP contribution is 2.23. The second-order valence-electron chi connectivity index (χ2n) is 6.57. The zero-order chi connectivity index (χ0) is 18.4. The Morgan fingerprint density at radius 1 is 0.962 bits per heavy atom. The standard InChI is InChI=1S/C22H26N4/c1-16(25-19-10-6-11-19)18-9-5-12-20(15-18)26-22(24)14-13-21(23)17-7-3-2-4-8-17/h2-5,7-9,12-15,19,25-26H,1,6,10-11,23-24H2/b21-13-,22-14+. The molecule has 0 bridgehead atoms. The first-order valence-corrected chi connectivity index (χ1v) is 8.93. The molecular weight excluding hydrogens is 320 g/mol. The molecule has 2 aromatic rings. The number of allylic oxidation sites excluding steroid dienone is 2. The minimum Gasteiger partial charge on any atom is -0.398 e. The number of rotatable bonds is 7. The second-order valence-corrected chi connectivity index (χ2v) is 6.57. The van der Waals surface area contributed by atoms with Crippen LogP contribution in [0.5, 0.6) is 0 Å². The minimum atomic E-state index is 0.526. The van der Waals surface area contributed by atoms with Gasteiger partial charge in [0, 0.05) is 23.1 Å². The maximum absolute atomic E-state index is 6.08. The number of anilines is 1. The summed E-state index contributed by atoms with van der Waals surface area (Å²) < 4.78 is 0. The maximum atomic E-state index is 6.08. The molecule has 6 N–H and O–H groups in total. The van der Waals surface area contributed by atoms with Crippen LogP contribution in [0.2, 0.25) is 0 Å². The lowest BCUT2D eigenvalue weighted by Crippen LogP contribution is -2.33. The molecule has 134 valence electrons. The molecule has 0 atom stereocenters. The first-order chi connectivity index (χ1) is 12.6. The SMILES string of the molecule is C=C(NC1CCC1)c1cccc(N/C(N)=C/C=C(\N)c2ccccc2)c1. The third-order valence-corrected chi connectivity index (χ3v) is 4.53. The molecule has 1 aliphatic carbocycles. The fraction of sp³-hybridized carbons (Fsp3) is 0.182. The van der Waals surface area contributed by atoms with E-state index in [0.717, 1.165) is 22.5 Å². The number of benzene rings is 2. The van der Waals surface area contributed by atoms with E-state index in [9.17, 15) is 0 Å². The third kappa shape index (κ3) is 4.70. The van der Waals surface area contributed by atoms with Crippen molar-refractivity contribution in [2.75, 3.05) is 5.32 Å². The Hall–Kier alpha value is -3.14. The fourth-order valence-electron chi connectivity index (χ4n) is 2.78. The first-order valence-electron chi connectivity index (χ1n) is 8.93. The Labute approximate surface area is 155 Å². The molecule has 26 heavy (non-hydrogen) atoms. The maximum Gasteiger partial charge on any atom is 0.101 e. The second kappa shape index (κ2) is 8.30. The van der Waals surface area contributed by atoms with Crippen LogP contribution in [0.25, 0.3) is 11.4 Å². The lowest BCUT2D eigenvalue weighted by Gasteiger charge is -2.28. The van der Waals surface area contributed by atoms with Crippen LogP contribution in [0, 0.1) is 0 Å². The predicted octanol–water partition coefficient (Wildman–Crippen LogP) is 4.01. The van der Waals surface area contributed by atoms with Crippen LogP contribution in [-0.2, 0) is 0 Å². The highest BCUT2D eigenvalue weighted by Gasteiger charge is 2.17. The van der Waals surface area contributed by atoms with E-state index in [-0.39, 0.29) is 0 Å². The molecule has 4 heteroatoms. The minimum absolute atomic E-state index is 0.526. The summed E-state index contributed by atoms with van der Waals surface area (Å²) in [7, 11) is 0. The Kier molecular flexibility index (Phi) is 5.64. The highest BCUT2D eigenvalue weighted by atomic mass is 15.0. The summed E-state index contributed by atoms with van der Waals surface area (Å²) in [6, 6.07) is 18.4. The van der Waals surface area contributed by atoms with Crippen LogP contribution in [0.3, 0.4) is 0 Å². The lowest BCUT2D eigenvalue weighted by atomic mass is 9.92. The normalized spacial score (nSPS) is 15.2. The zero-order valence-corrected chi connectivity index (χ0v) is 14.9. The first kappa shape index (κ1) is 17.7. The zero-order valence-electron chi connectivity index (χ0n) is 14.9. The van der Waals surface area contributed by atoms with Gasteiger partial charge in [0.15, 0.2) is 0 Å². The van der Waals surface area contributed by atoms with E-state index in [2.05, 4.69) is 17.2 Å². The van der Waals surface area contributed by atoms with E-state index in [0.29, 0.717) is 17.6 Å². The summed E-state index contributed by atoms with van der Waals surface area (Å²) >= 11 is 0. The van der Waals surface area contributed by atoms with Gasteiger partial charge in [-0.2, -0.15) is 0 Å². The van der Waals surface area contributed by atoms with E-state index >= 15 is 0 Å². The smallest absolute Gasteiger partial charge is 0.101 e. The molecule has 0 unspecified atom stereocenters. The summed E-state index contributed by atoms with van der Waals surface area (Å²) in [5, 5.41) is 6.67. The molecule has 0 saturated heterocycles. The monoisotopic (exact) mass is 346 g/mol. The molecule has 1 saturated carbocycles. The molecule has 4 nitrogen and oxygen atoms in total. The molecule has 0 aromatic heterocycles. The van der Waals surface area contributed by atoms with Crippen LogP contribution in [0.1, 0.15) is 30.4 Å². The molecule has 1 fully saturated rings. The van der Waals surface area contributed by atoms with Crippen molar-refractivity contribution in [1.29, 1.82) is 0 Å². The van der Waals surface area contributed by atoms with Gasteiger partial charge in [-0.05, 0) is 54.7 Å². The van der Waals surface area contributed by atoms with Crippen molar-refractivity contribution in [2.24, 2.45) is 11.5 Å². The predicted molar refractivity (Wildman–Crippen MR) is 111 cm³/mol. The molecule has 0 heterocycles. The molecule has 1 aliphatic rings. The number of hydrogen-bond acceptors (Lipinski definition) is 4. The van der Waals surface area contributed by atoms with Crippen LogP contribution in [0.4, 0.5) is 5.69 Å². The molecule has 0 amide bonds. The summed E-state index contributed by atoms with van der Waals surface area (Å²) in [6.07, 6.45) is 7.33. The van der Waals surface area contributed by atoms with Gasteiger partial charge >= 0.3 is 0 Å². The largest absolute Gasteiger partial charge is 0.398 e. The molecule has 3 rings (SSSR count). The quantitative estimate of drug-likeness (QED) is 0.571. The van der Waals surface area contributed by atoms with Gasteiger partial charge in [0.2, 0.25) is 0 Å². The fourth-order valence-corrected chi connectivity index (χ4v) is 2.78. The molecule has 0 radical (unpaired) electrons. The molecular formula is C22H26N4. The van der Waals surface area contributed by atoms with Gasteiger partial charge in [-0.15, -0.1) is 0 Å². The van der Waals surface area contributed by atoms with Crippen molar-refractivity contribution in [3.63, 3.8) is 0 Å². The Morgan fingerprint density at radius 3 is 2.38 bits per heavy atom. The molecule has 0 spiro atoms. The van der Waals surface area contributed by atoms with Crippen LogP contribution < -0.4 is 22.1 Å². The van der Waals surface area contributed by atoms with Crippen molar-refractivity contribution >= 4 is 17.1 Å². The van der Waals surface area contributed by atoms with E-state index in [1.165, 1.54) is 19.3 Å². The van der Waals surface area contributed by atoms with Gasteiger partial charge in [0.25, 0.3) is 0 Å². The van der Waals surface area contributed by atoms with Crippen molar-refractivity contribution in [2.45, 2.75) is 25.3 Å². The van der Waals surface area contributed by atoms with Crippen molar-refractivity contribution in [3.05, 3.63) is 90.3 Å². The summed E-state index contributed by atoms with van der Waals surface area (Å²) in [4.78, 5) is 0. The van der Waals surface area contributed by atoms with Crippen LogP contribution >= 0.6 is 0 Å². The van der Waals surface area contributed by atoms with Crippen molar-refractivity contribution < 1.29 is 0 Å². The van der Waals surface area contributed by atoms with E-state index in [1.54, 1.807) is 12.2 Å². The molecule has 0 aliphatic heterocycles. The van der Waals surface area contributed by atoms with Gasteiger partial charge in [-0.3, -0.25) is 0 Å². The number of nitrogens with one attached hydrogen (secondary N) is 2. The average Bonchev–Trinajstić information content (AvgIpc) is 2.63. The van der Waals surface area contributed by atoms with E-state index in [4.69, 9.17) is 11.5 Å². The van der Waals surface area contributed by atoms with Gasteiger partial charge < -0.3 is 22.1 Å². The average molecular weight is 346 g/mol. The van der Waals surface area contributed by atoms with Crippen LogP contribution in [-0.4, -0.2) is 6.04 Å². The van der Waals surface area contributed by atoms with Gasteiger partial charge in [0.1, 0.15) is 5.82 Å². The lowest BCUT2D eigenvalue weighted by molar-refractivity contribution is 0.378. The van der Waals surface area contributed by atoms with Gasteiger partial charge in [0.05, 0.1) is 0 Å².